The van der Waals surface area contributed by atoms with Crippen LogP contribution in [-0.4, -0.2) is 11.1 Å². The van der Waals surface area contributed by atoms with Gasteiger partial charge in [-0.05, 0) is 11.5 Å². The molecule has 1 N–H and O–H groups in total. The summed E-state index contributed by atoms with van der Waals surface area (Å²) in [6, 6.07) is 9.72. The van der Waals surface area contributed by atoms with Crippen LogP contribution in [0.25, 0.3) is 6.08 Å². The molecule has 0 radical (unpaired) electrons. The van der Waals surface area contributed by atoms with Gasteiger partial charge in [-0.25, -0.2) is 0 Å². The van der Waals surface area contributed by atoms with E-state index in [4.69, 9.17) is 5.11 Å². The molecule has 2 heteroatoms. The van der Waals surface area contributed by atoms with Gasteiger partial charge in [0.2, 0.25) is 0 Å². The normalized spacial score (nSPS) is 13.3. The molecule has 0 fully saturated rings. The Hall–Kier alpha value is -1.57. The molecule has 0 saturated carbocycles. The van der Waals surface area contributed by atoms with Crippen LogP contribution in [0.2, 0.25) is 0 Å². The van der Waals surface area contributed by atoms with E-state index in [-0.39, 0.29) is 5.92 Å². The maximum absolute atomic E-state index is 10.9. The highest BCUT2D eigenvalue weighted by atomic mass is 16.4. The number of carboxylic acids is 1. The molecule has 0 saturated heterocycles. The van der Waals surface area contributed by atoms with Gasteiger partial charge >= 0.3 is 5.97 Å². The van der Waals surface area contributed by atoms with Gasteiger partial charge in [0.15, 0.2) is 0 Å². The predicted molar refractivity (Wildman–Crippen MR) is 61.4 cm³/mol. The van der Waals surface area contributed by atoms with E-state index in [9.17, 15) is 4.79 Å². The van der Waals surface area contributed by atoms with Crippen molar-refractivity contribution in [3.63, 3.8) is 0 Å². The number of hydrogen-bond donors (Lipinski definition) is 1. The minimum atomic E-state index is -0.766. The Morgan fingerprint density at radius 3 is 2.33 bits per heavy atom. The summed E-state index contributed by atoms with van der Waals surface area (Å²) in [4.78, 5) is 10.9. The van der Waals surface area contributed by atoms with Crippen LogP contribution >= 0.6 is 0 Å². The summed E-state index contributed by atoms with van der Waals surface area (Å²) in [6.07, 6.45) is 3.61. The van der Waals surface area contributed by atoms with Crippen molar-refractivity contribution in [2.45, 2.75) is 13.8 Å². The number of aliphatic carboxylic acids is 1. The molecule has 1 unspecified atom stereocenters. The van der Waals surface area contributed by atoms with E-state index < -0.39 is 11.9 Å². The summed E-state index contributed by atoms with van der Waals surface area (Å²) in [7, 11) is 0. The van der Waals surface area contributed by atoms with E-state index in [1.807, 2.05) is 50.3 Å². The third-order valence-electron chi connectivity index (χ3n) is 2.30. The summed E-state index contributed by atoms with van der Waals surface area (Å²) in [5.74, 6) is -1.06. The molecule has 0 bridgehead atoms. The SMILES string of the molecule is CC(C)C(/C=C/c1ccccc1)C(=O)O. The maximum Gasteiger partial charge on any atom is 0.310 e. The van der Waals surface area contributed by atoms with E-state index in [0.29, 0.717) is 0 Å². The minimum absolute atomic E-state index is 0.113. The summed E-state index contributed by atoms with van der Waals surface area (Å²) in [6.45, 7) is 3.82. The summed E-state index contributed by atoms with van der Waals surface area (Å²) >= 11 is 0. The number of hydrogen-bond acceptors (Lipinski definition) is 1. The highest BCUT2D eigenvalue weighted by Gasteiger charge is 2.17. The zero-order chi connectivity index (χ0) is 11.3. The fraction of sp³-hybridized carbons (Fsp3) is 0.308. The molecule has 0 aliphatic heterocycles. The van der Waals surface area contributed by atoms with Gasteiger partial charge in [-0.3, -0.25) is 4.79 Å². The maximum atomic E-state index is 10.9. The molecular formula is C13H16O2. The molecule has 0 aliphatic rings. The average Bonchev–Trinajstić information content (AvgIpc) is 2.18. The second kappa shape index (κ2) is 5.35. The molecule has 0 spiro atoms. The fourth-order valence-corrected chi connectivity index (χ4v) is 1.37. The molecule has 80 valence electrons. The van der Waals surface area contributed by atoms with E-state index in [0.717, 1.165) is 5.56 Å². The van der Waals surface area contributed by atoms with Crippen molar-refractivity contribution in [1.82, 2.24) is 0 Å². The Morgan fingerprint density at radius 1 is 1.27 bits per heavy atom. The van der Waals surface area contributed by atoms with Crippen molar-refractivity contribution in [3.05, 3.63) is 42.0 Å². The molecule has 0 heterocycles. The van der Waals surface area contributed by atoms with Gasteiger partial charge in [-0.1, -0.05) is 56.3 Å². The quantitative estimate of drug-likeness (QED) is 0.818. The lowest BCUT2D eigenvalue weighted by atomic mass is 9.95. The lowest BCUT2D eigenvalue weighted by molar-refractivity contribution is -0.141. The van der Waals surface area contributed by atoms with Crippen molar-refractivity contribution in [3.8, 4) is 0 Å². The third kappa shape index (κ3) is 3.58. The van der Waals surface area contributed by atoms with Crippen LogP contribution in [0.5, 0.6) is 0 Å². The van der Waals surface area contributed by atoms with E-state index in [1.165, 1.54) is 0 Å². The molecule has 0 aromatic heterocycles. The largest absolute Gasteiger partial charge is 0.481 e. The lowest BCUT2D eigenvalue weighted by Crippen LogP contribution is -2.16. The second-order valence-corrected chi connectivity index (χ2v) is 3.88. The highest BCUT2D eigenvalue weighted by Crippen LogP contribution is 2.14. The number of rotatable bonds is 4. The Balaban J connectivity index is 2.75. The molecule has 1 atom stereocenters. The molecule has 1 aromatic rings. The first kappa shape index (κ1) is 11.5. The Kier molecular flexibility index (Phi) is 4.10. The molecule has 0 aliphatic carbocycles. The molecule has 1 aromatic carbocycles. The van der Waals surface area contributed by atoms with Gasteiger partial charge in [0.25, 0.3) is 0 Å². The van der Waals surface area contributed by atoms with Gasteiger partial charge < -0.3 is 5.11 Å². The summed E-state index contributed by atoms with van der Waals surface area (Å²) in [5, 5.41) is 8.97. The smallest absolute Gasteiger partial charge is 0.310 e. The van der Waals surface area contributed by atoms with Crippen molar-refractivity contribution in [2.75, 3.05) is 0 Å². The van der Waals surface area contributed by atoms with Crippen LogP contribution in [0.4, 0.5) is 0 Å². The molecule has 1 rings (SSSR count). The van der Waals surface area contributed by atoms with Crippen molar-refractivity contribution in [2.24, 2.45) is 11.8 Å². The topological polar surface area (TPSA) is 37.3 Å². The standard InChI is InChI=1S/C13H16O2/c1-10(2)12(13(14)15)9-8-11-6-4-3-5-7-11/h3-10,12H,1-2H3,(H,14,15)/b9-8+. The van der Waals surface area contributed by atoms with E-state index in [1.54, 1.807) is 6.08 Å². The molecular weight excluding hydrogens is 188 g/mol. The summed E-state index contributed by atoms with van der Waals surface area (Å²) < 4.78 is 0. The fourth-order valence-electron chi connectivity index (χ4n) is 1.37. The van der Waals surface area contributed by atoms with Gasteiger partial charge in [0.1, 0.15) is 0 Å². The van der Waals surface area contributed by atoms with Crippen molar-refractivity contribution < 1.29 is 9.90 Å². The van der Waals surface area contributed by atoms with E-state index in [2.05, 4.69) is 0 Å². The first-order valence-electron chi connectivity index (χ1n) is 5.07. The van der Waals surface area contributed by atoms with Crippen molar-refractivity contribution in [1.29, 1.82) is 0 Å². The van der Waals surface area contributed by atoms with Gasteiger partial charge in [0, 0.05) is 0 Å². The Bertz CT molecular complexity index is 339. The first-order chi connectivity index (χ1) is 7.11. The van der Waals surface area contributed by atoms with Gasteiger partial charge in [0.05, 0.1) is 5.92 Å². The third-order valence-corrected chi connectivity index (χ3v) is 2.30. The van der Waals surface area contributed by atoms with Crippen LogP contribution < -0.4 is 0 Å². The first-order valence-corrected chi connectivity index (χ1v) is 5.07. The van der Waals surface area contributed by atoms with Crippen LogP contribution in [0, 0.1) is 11.8 Å². The highest BCUT2D eigenvalue weighted by molar-refractivity contribution is 5.74. The molecule has 0 amide bonds. The summed E-state index contributed by atoms with van der Waals surface area (Å²) in [5.41, 5.74) is 1.03. The van der Waals surface area contributed by atoms with Crippen LogP contribution in [0.1, 0.15) is 19.4 Å². The average molecular weight is 204 g/mol. The Morgan fingerprint density at radius 2 is 1.87 bits per heavy atom. The number of carbonyl (C=O) groups is 1. The van der Waals surface area contributed by atoms with Crippen molar-refractivity contribution >= 4 is 12.0 Å². The number of carboxylic acid groups (broad SMARTS) is 1. The predicted octanol–water partition coefficient (Wildman–Crippen LogP) is 3.06. The van der Waals surface area contributed by atoms with Crippen LogP contribution in [0.3, 0.4) is 0 Å². The Labute approximate surface area is 90.3 Å². The van der Waals surface area contributed by atoms with Gasteiger partial charge in [-0.2, -0.15) is 0 Å². The monoisotopic (exact) mass is 204 g/mol. The zero-order valence-electron chi connectivity index (χ0n) is 9.05. The van der Waals surface area contributed by atoms with Crippen LogP contribution in [-0.2, 0) is 4.79 Å². The number of benzene rings is 1. The molecule has 2 nitrogen and oxygen atoms in total. The second-order valence-electron chi connectivity index (χ2n) is 3.88. The van der Waals surface area contributed by atoms with Gasteiger partial charge in [-0.15, -0.1) is 0 Å². The lowest BCUT2D eigenvalue weighted by Gasteiger charge is -2.10. The zero-order valence-corrected chi connectivity index (χ0v) is 9.05. The molecule has 15 heavy (non-hydrogen) atoms. The van der Waals surface area contributed by atoms with E-state index >= 15 is 0 Å². The van der Waals surface area contributed by atoms with Crippen LogP contribution in [0.15, 0.2) is 36.4 Å². The minimum Gasteiger partial charge on any atom is -0.481 e.